The molecule has 0 saturated heterocycles. The average Bonchev–Trinajstić information content (AvgIpc) is 2.59. The first-order chi connectivity index (χ1) is 11.7. The standard InChI is InChI=1S/C18H25N3O3/c1-4-5-6-7-8-24-12-19-18(22)15-10-14-9-13(2)20-21-17(14)16(11-15)23-3/h9-11H,4-8,12H2,1-3H3,(H,19,22). The van der Waals surface area contributed by atoms with Crippen LogP contribution in [0.2, 0.25) is 0 Å². The van der Waals surface area contributed by atoms with Crippen molar-refractivity contribution in [1.82, 2.24) is 15.5 Å². The Balaban J connectivity index is 1.96. The van der Waals surface area contributed by atoms with Gasteiger partial charge in [0.2, 0.25) is 0 Å². The van der Waals surface area contributed by atoms with Crippen LogP contribution in [-0.2, 0) is 4.74 Å². The Morgan fingerprint density at radius 1 is 1.17 bits per heavy atom. The molecule has 6 heteroatoms. The van der Waals surface area contributed by atoms with Crippen molar-refractivity contribution in [2.24, 2.45) is 0 Å². The molecule has 1 N–H and O–H groups in total. The van der Waals surface area contributed by atoms with E-state index in [1.807, 2.05) is 13.0 Å². The highest BCUT2D eigenvalue weighted by Gasteiger charge is 2.12. The Bertz CT molecular complexity index is 689. The van der Waals surface area contributed by atoms with Crippen LogP contribution < -0.4 is 10.1 Å². The lowest BCUT2D eigenvalue weighted by Crippen LogP contribution is -2.26. The number of nitrogens with zero attached hydrogens (tertiary/aromatic N) is 2. The van der Waals surface area contributed by atoms with E-state index in [9.17, 15) is 4.79 Å². The van der Waals surface area contributed by atoms with E-state index in [1.54, 1.807) is 19.2 Å². The van der Waals surface area contributed by atoms with Crippen LogP contribution in [0.25, 0.3) is 10.9 Å². The van der Waals surface area contributed by atoms with Crippen molar-refractivity contribution in [1.29, 1.82) is 0 Å². The number of hydrogen-bond donors (Lipinski definition) is 1. The fourth-order valence-corrected chi connectivity index (χ4v) is 2.44. The molecular formula is C18H25N3O3. The zero-order valence-electron chi connectivity index (χ0n) is 14.6. The Kier molecular flexibility index (Phi) is 6.93. The van der Waals surface area contributed by atoms with Crippen molar-refractivity contribution in [3.05, 3.63) is 29.5 Å². The van der Waals surface area contributed by atoms with E-state index in [0.717, 1.165) is 23.9 Å². The van der Waals surface area contributed by atoms with Gasteiger partial charge in [0, 0.05) is 17.6 Å². The zero-order chi connectivity index (χ0) is 17.4. The monoisotopic (exact) mass is 331 g/mol. The van der Waals surface area contributed by atoms with Gasteiger partial charge in [-0.3, -0.25) is 4.79 Å². The topological polar surface area (TPSA) is 73.3 Å². The third kappa shape index (κ3) is 4.89. The van der Waals surface area contributed by atoms with Crippen molar-refractivity contribution in [3.63, 3.8) is 0 Å². The summed E-state index contributed by atoms with van der Waals surface area (Å²) >= 11 is 0. The summed E-state index contributed by atoms with van der Waals surface area (Å²) in [6.45, 7) is 4.90. The Hall–Kier alpha value is -2.21. The van der Waals surface area contributed by atoms with E-state index in [2.05, 4.69) is 22.4 Å². The van der Waals surface area contributed by atoms with Gasteiger partial charge in [-0.2, -0.15) is 5.10 Å². The van der Waals surface area contributed by atoms with E-state index in [1.165, 1.54) is 12.8 Å². The zero-order valence-corrected chi connectivity index (χ0v) is 14.6. The first-order valence-corrected chi connectivity index (χ1v) is 8.33. The van der Waals surface area contributed by atoms with E-state index >= 15 is 0 Å². The number of benzene rings is 1. The molecule has 0 saturated carbocycles. The molecule has 0 atom stereocenters. The lowest BCUT2D eigenvalue weighted by Gasteiger charge is -2.10. The van der Waals surface area contributed by atoms with Crippen LogP contribution in [0.3, 0.4) is 0 Å². The van der Waals surface area contributed by atoms with E-state index in [0.29, 0.717) is 23.4 Å². The van der Waals surface area contributed by atoms with Crippen molar-refractivity contribution in [2.45, 2.75) is 39.5 Å². The second kappa shape index (κ2) is 9.17. The van der Waals surface area contributed by atoms with Crippen LogP contribution in [0.5, 0.6) is 5.75 Å². The second-order valence-corrected chi connectivity index (χ2v) is 5.72. The predicted octanol–water partition coefficient (Wildman–Crippen LogP) is 3.23. The van der Waals surface area contributed by atoms with Crippen molar-refractivity contribution >= 4 is 16.8 Å². The molecular weight excluding hydrogens is 306 g/mol. The molecule has 1 amide bonds. The number of unbranched alkanes of at least 4 members (excludes halogenated alkanes) is 3. The maximum absolute atomic E-state index is 12.3. The number of carbonyl (C=O) groups is 1. The molecule has 0 aliphatic heterocycles. The molecule has 0 aliphatic carbocycles. The number of ether oxygens (including phenoxy) is 2. The van der Waals surface area contributed by atoms with Crippen molar-refractivity contribution in [3.8, 4) is 5.75 Å². The van der Waals surface area contributed by atoms with Gasteiger partial charge in [0.05, 0.1) is 12.8 Å². The van der Waals surface area contributed by atoms with Crippen LogP contribution in [0.1, 0.15) is 48.7 Å². The fraction of sp³-hybridized carbons (Fsp3) is 0.500. The minimum absolute atomic E-state index is 0.196. The number of carbonyl (C=O) groups excluding carboxylic acids is 1. The lowest BCUT2D eigenvalue weighted by atomic mass is 10.1. The number of aromatic nitrogens is 2. The number of hydrogen-bond acceptors (Lipinski definition) is 5. The highest BCUT2D eigenvalue weighted by atomic mass is 16.5. The molecule has 1 heterocycles. The van der Waals surface area contributed by atoms with Gasteiger partial charge in [-0.25, -0.2) is 0 Å². The highest BCUT2D eigenvalue weighted by Crippen LogP contribution is 2.25. The van der Waals surface area contributed by atoms with Gasteiger partial charge in [-0.05, 0) is 31.5 Å². The molecule has 0 bridgehead atoms. The largest absolute Gasteiger partial charge is 0.494 e. The maximum atomic E-state index is 12.3. The van der Waals surface area contributed by atoms with E-state index < -0.39 is 0 Å². The Morgan fingerprint density at radius 2 is 2.00 bits per heavy atom. The molecule has 2 aromatic rings. The summed E-state index contributed by atoms with van der Waals surface area (Å²) in [6.07, 6.45) is 4.59. The van der Waals surface area contributed by atoms with E-state index in [-0.39, 0.29) is 12.6 Å². The van der Waals surface area contributed by atoms with Gasteiger partial charge in [-0.15, -0.1) is 5.10 Å². The molecule has 0 unspecified atom stereocenters. The summed E-state index contributed by atoms with van der Waals surface area (Å²) < 4.78 is 10.8. The molecule has 0 spiro atoms. The van der Waals surface area contributed by atoms with Gasteiger partial charge in [0.25, 0.3) is 5.91 Å². The Labute approximate surface area is 142 Å². The smallest absolute Gasteiger partial charge is 0.253 e. The predicted molar refractivity (Wildman–Crippen MR) is 93.3 cm³/mol. The summed E-state index contributed by atoms with van der Waals surface area (Å²) in [7, 11) is 1.55. The molecule has 2 rings (SSSR count). The van der Waals surface area contributed by atoms with Gasteiger partial charge < -0.3 is 14.8 Å². The fourth-order valence-electron chi connectivity index (χ4n) is 2.44. The van der Waals surface area contributed by atoms with Crippen molar-refractivity contribution < 1.29 is 14.3 Å². The van der Waals surface area contributed by atoms with Crippen molar-refractivity contribution in [2.75, 3.05) is 20.4 Å². The minimum atomic E-state index is -0.196. The van der Waals surface area contributed by atoms with Crippen LogP contribution in [0.15, 0.2) is 18.2 Å². The summed E-state index contributed by atoms with van der Waals surface area (Å²) in [5, 5.41) is 11.8. The van der Waals surface area contributed by atoms with Gasteiger partial charge >= 0.3 is 0 Å². The molecule has 130 valence electrons. The number of nitrogens with one attached hydrogen (secondary N) is 1. The minimum Gasteiger partial charge on any atom is -0.494 e. The molecule has 1 aromatic carbocycles. The number of amides is 1. The number of methoxy groups -OCH3 is 1. The second-order valence-electron chi connectivity index (χ2n) is 5.72. The van der Waals surface area contributed by atoms with Crippen LogP contribution in [0.4, 0.5) is 0 Å². The van der Waals surface area contributed by atoms with Crippen LogP contribution in [0, 0.1) is 6.92 Å². The third-order valence-electron chi connectivity index (χ3n) is 3.74. The summed E-state index contributed by atoms with van der Waals surface area (Å²) in [5.41, 5.74) is 1.95. The molecule has 24 heavy (non-hydrogen) atoms. The van der Waals surface area contributed by atoms with Gasteiger partial charge in [0.1, 0.15) is 18.0 Å². The quantitative estimate of drug-likeness (QED) is 0.564. The van der Waals surface area contributed by atoms with Crippen LogP contribution in [-0.4, -0.2) is 36.6 Å². The molecule has 0 aliphatic rings. The maximum Gasteiger partial charge on any atom is 0.253 e. The molecule has 6 nitrogen and oxygen atoms in total. The first-order valence-electron chi connectivity index (χ1n) is 8.33. The molecule has 1 aromatic heterocycles. The average molecular weight is 331 g/mol. The summed E-state index contributed by atoms with van der Waals surface area (Å²) in [6, 6.07) is 5.34. The van der Waals surface area contributed by atoms with Crippen LogP contribution >= 0.6 is 0 Å². The highest BCUT2D eigenvalue weighted by molar-refractivity contribution is 5.99. The number of aryl methyl sites for hydroxylation is 1. The summed E-state index contributed by atoms with van der Waals surface area (Å²) in [5.74, 6) is 0.337. The summed E-state index contributed by atoms with van der Waals surface area (Å²) in [4.78, 5) is 12.3. The number of rotatable bonds is 9. The molecule has 0 radical (unpaired) electrons. The Morgan fingerprint density at radius 3 is 2.75 bits per heavy atom. The lowest BCUT2D eigenvalue weighted by molar-refractivity contribution is 0.0783. The van der Waals surface area contributed by atoms with Gasteiger partial charge in [0.15, 0.2) is 0 Å². The third-order valence-corrected chi connectivity index (χ3v) is 3.74. The number of fused-ring (bicyclic) bond motifs is 1. The van der Waals surface area contributed by atoms with Gasteiger partial charge in [-0.1, -0.05) is 26.2 Å². The SMILES string of the molecule is CCCCCCOCNC(=O)c1cc(OC)c2nnc(C)cc2c1. The first kappa shape index (κ1) is 18.1. The van der Waals surface area contributed by atoms with E-state index in [4.69, 9.17) is 9.47 Å². The normalized spacial score (nSPS) is 10.8. The molecule has 0 fully saturated rings.